The molecule has 1 aliphatic rings. The predicted octanol–water partition coefficient (Wildman–Crippen LogP) is 2.79. The van der Waals surface area contributed by atoms with Gasteiger partial charge < -0.3 is 15.4 Å². The number of unbranched alkanes of at least 4 members (excludes halogenated alkanes) is 1. The fourth-order valence-electron chi connectivity index (χ4n) is 2.89. The first-order chi connectivity index (χ1) is 12.9. The Bertz CT molecular complexity index is 592. The van der Waals surface area contributed by atoms with Crippen LogP contribution >= 0.6 is 0 Å². The zero-order valence-electron chi connectivity index (χ0n) is 15.4. The Balaban J connectivity index is 1.57. The van der Waals surface area contributed by atoms with Crippen molar-refractivity contribution < 1.29 is 22.3 Å². The summed E-state index contributed by atoms with van der Waals surface area (Å²) in [6.07, 6.45) is -1.86. The van der Waals surface area contributed by atoms with Crippen molar-refractivity contribution in [1.29, 1.82) is 0 Å². The molecular formula is C18H26F4N4O. The molecule has 27 heavy (non-hydrogen) atoms. The Morgan fingerprint density at radius 1 is 1.26 bits per heavy atom. The summed E-state index contributed by atoms with van der Waals surface area (Å²) < 4.78 is 55.6. The van der Waals surface area contributed by atoms with Gasteiger partial charge in [-0.2, -0.15) is 13.2 Å². The van der Waals surface area contributed by atoms with Crippen LogP contribution in [0, 0.1) is 5.82 Å². The molecular weight excluding hydrogens is 364 g/mol. The average molecular weight is 390 g/mol. The van der Waals surface area contributed by atoms with Crippen molar-refractivity contribution >= 4 is 5.96 Å². The zero-order valence-corrected chi connectivity index (χ0v) is 15.4. The molecule has 2 N–H and O–H groups in total. The molecule has 1 saturated heterocycles. The Morgan fingerprint density at radius 3 is 2.67 bits per heavy atom. The molecule has 0 bridgehead atoms. The number of hydrogen-bond donors (Lipinski definition) is 2. The van der Waals surface area contributed by atoms with Gasteiger partial charge in [0.05, 0.1) is 13.2 Å². The standard InChI is InChI=1S/C18H26F4N4O/c1-23-17(25-15-8-10-26(12-15)13-18(20,21)22)24-9-2-3-11-27-16-6-4-14(19)5-7-16/h4-7,15H,2-3,8-13H2,1H3,(H2,23,24,25). The number of benzene rings is 1. The Kier molecular flexibility index (Phi) is 8.15. The van der Waals surface area contributed by atoms with Gasteiger partial charge in [0.25, 0.3) is 0 Å². The van der Waals surface area contributed by atoms with Crippen LogP contribution in [0.15, 0.2) is 29.3 Å². The van der Waals surface area contributed by atoms with Crippen LogP contribution in [0.4, 0.5) is 17.6 Å². The summed E-state index contributed by atoms with van der Waals surface area (Å²) in [5.74, 6) is 0.925. The summed E-state index contributed by atoms with van der Waals surface area (Å²) in [6.45, 7) is 1.10. The second-order valence-electron chi connectivity index (χ2n) is 6.49. The van der Waals surface area contributed by atoms with E-state index in [0.29, 0.717) is 44.4 Å². The maximum absolute atomic E-state index is 12.8. The van der Waals surface area contributed by atoms with Crippen molar-refractivity contribution in [1.82, 2.24) is 15.5 Å². The Morgan fingerprint density at radius 2 is 2.00 bits per heavy atom. The van der Waals surface area contributed by atoms with Crippen LogP contribution in [0.25, 0.3) is 0 Å². The Hall–Kier alpha value is -2.03. The molecule has 0 spiro atoms. The first kappa shape index (κ1) is 21.3. The highest BCUT2D eigenvalue weighted by Gasteiger charge is 2.34. The van der Waals surface area contributed by atoms with Gasteiger partial charge in [-0.25, -0.2) is 4.39 Å². The van der Waals surface area contributed by atoms with Crippen LogP contribution in [0.2, 0.25) is 0 Å². The van der Waals surface area contributed by atoms with Crippen molar-refractivity contribution in [3.05, 3.63) is 30.1 Å². The highest BCUT2D eigenvalue weighted by molar-refractivity contribution is 5.79. The molecule has 0 saturated carbocycles. The maximum Gasteiger partial charge on any atom is 0.401 e. The molecule has 1 unspecified atom stereocenters. The van der Waals surface area contributed by atoms with Gasteiger partial charge in [0.15, 0.2) is 5.96 Å². The quantitative estimate of drug-likeness (QED) is 0.310. The van der Waals surface area contributed by atoms with E-state index in [-0.39, 0.29) is 11.9 Å². The molecule has 1 aromatic rings. The maximum atomic E-state index is 12.8. The lowest BCUT2D eigenvalue weighted by atomic mass is 10.3. The van der Waals surface area contributed by atoms with Crippen LogP contribution in [-0.2, 0) is 0 Å². The molecule has 2 rings (SSSR count). The van der Waals surface area contributed by atoms with Crippen LogP contribution in [-0.4, -0.2) is 62.9 Å². The largest absolute Gasteiger partial charge is 0.494 e. The Labute approximate surface area is 156 Å². The topological polar surface area (TPSA) is 48.9 Å². The number of nitrogens with one attached hydrogen (secondary N) is 2. The molecule has 0 radical (unpaired) electrons. The van der Waals surface area contributed by atoms with Gasteiger partial charge in [0, 0.05) is 32.7 Å². The highest BCUT2D eigenvalue weighted by Crippen LogP contribution is 2.19. The molecule has 1 fully saturated rings. The molecule has 0 amide bonds. The van der Waals surface area contributed by atoms with E-state index < -0.39 is 12.7 Å². The minimum absolute atomic E-state index is 0.0413. The minimum Gasteiger partial charge on any atom is -0.494 e. The van der Waals surface area contributed by atoms with Crippen molar-refractivity contribution in [2.75, 3.05) is 39.8 Å². The normalized spacial score (nSPS) is 18.6. The number of aliphatic imine (C=N–C) groups is 1. The summed E-state index contributed by atoms with van der Waals surface area (Å²) in [7, 11) is 1.63. The minimum atomic E-state index is -4.16. The van der Waals surface area contributed by atoms with Crippen molar-refractivity contribution in [2.45, 2.75) is 31.5 Å². The molecule has 9 heteroatoms. The van der Waals surface area contributed by atoms with E-state index in [1.54, 1.807) is 19.2 Å². The third-order valence-electron chi connectivity index (χ3n) is 4.19. The number of halogens is 4. The number of rotatable bonds is 8. The van der Waals surface area contributed by atoms with Crippen molar-refractivity contribution in [3.8, 4) is 5.75 Å². The second kappa shape index (κ2) is 10.3. The molecule has 1 atom stereocenters. The summed E-state index contributed by atoms with van der Waals surface area (Å²) in [5.41, 5.74) is 0. The number of ether oxygens (including phenoxy) is 1. The van der Waals surface area contributed by atoms with E-state index in [2.05, 4.69) is 15.6 Å². The van der Waals surface area contributed by atoms with E-state index >= 15 is 0 Å². The van der Waals surface area contributed by atoms with Gasteiger partial charge in [0.2, 0.25) is 0 Å². The summed E-state index contributed by atoms with van der Waals surface area (Å²) >= 11 is 0. The van der Waals surface area contributed by atoms with Crippen molar-refractivity contribution in [2.24, 2.45) is 4.99 Å². The van der Waals surface area contributed by atoms with Crippen LogP contribution in [0.1, 0.15) is 19.3 Å². The number of hydrogen-bond acceptors (Lipinski definition) is 3. The van der Waals surface area contributed by atoms with E-state index in [1.807, 2.05) is 0 Å². The SMILES string of the molecule is CN=C(NCCCCOc1ccc(F)cc1)NC1CCN(CC(F)(F)F)C1. The summed E-state index contributed by atoms with van der Waals surface area (Å²) in [4.78, 5) is 5.51. The molecule has 0 aliphatic carbocycles. The molecule has 0 aromatic heterocycles. The molecule has 1 heterocycles. The fraction of sp³-hybridized carbons (Fsp3) is 0.611. The van der Waals surface area contributed by atoms with Gasteiger partial charge in [-0.3, -0.25) is 9.89 Å². The van der Waals surface area contributed by atoms with Gasteiger partial charge >= 0.3 is 6.18 Å². The van der Waals surface area contributed by atoms with Crippen molar-refractivity contribution in [3.63, 3.8) is 0 Å². The van der Waals surface area contributed by atoms with E-state index in [9.17, 15) is 17.6 Å². The summed E-state index contributed by atoms with van der Waals surface area (Å²) in [5, 5.41) is 6.33. The number of likely N-dealkylation sites (tertiary alicyclic amines) is 1. The molecule has 1 aromatic carbocycles. The van der Waals surface area contributed by atoms with Crippen LogP contribution in [0.3, 0.4) is 0 Å². The number of alkyl halides is 3. The van der Waals surface area contributed by atoms with Crippen LogP contribution in [0.5, 0.6) is 5.75 Å². The van der Waals surface area contributed by atoms with Crippen LogP contribution < -0.4 is 15.4 Å². The van der Waals surface area contributed by atoms with Gasteiger partial charge in [0.1, 0.15) is 11.6 Å². The lowest BCUT2D eigenvalue weighted by Crippen LogP contribution is -2.45. The van der Waals surface area contributed by atoms with Gasteiger partial charge in [-0.1, -0.05) is 0 Å². The third-order valence-corrected chi connectivity index (χ3v) is 4.19. The van der Waals surface area contributed by atoms with E-state index in [0.717, 1.165) is 12.8 Å². The average Bonchev–Trinajstić information content (AvgIpc) is 3.03. The molecule has 5 nitrogen and oxygen atoms in total. The highest BCUT2D eigenvalue weighted by atomic mass is 19.4. The van der Waals surface area contributed by atoms with E-state index in [4.69, 9.17) is 4.74 Å². The third kappa shape index (κ3) is 8.47. The first-order valence-electron chi connectivity index (χ1n) is 9.00. The number of nitrogens with zero attached hydrogens (tertiary/aromatic N) is 2. The predicted molar refractivity (Wildman–Crippen MR) is 96.5 cm³/mol. The lowest BCUT2D eigenvalue weighted by Gasteiger charge is -2.19. The second-order valence-corrected chi connectivity index (χ2v) is 6.49. The first-order valence-corrected chi connectivity index (χ1v) is 9.00. The monoisotopic (exact) mass is 390 g/mol. The molecule has 1 aliphatic heterocycles. The van der Waals surface area contributed by atoms with Gasteiger partial charge in [-0.15, -0.1) is 0 Å². The fourth-order valence-corrected chi connectivity index (χ4v) is 2.89. The lowest BCUT2D eigenvalue weighted by molar-refractivity contribution is -0.143. The summed E-state index contributed by atoms with van der Waals surface area (Å²) in [6, 6.07) is 5.84. The number of guanidine groups is 1. The van der Waals surface area contributed by atoms with Gasteiger partial charge in [-0.05, 0) is 43.5 Å². The zero-order chi connectivity index (χ0) is 19.7. The van der Waals surface area contributed by atoms with E-state index in [1.165, 1.54) is 17.0 Å². The molecule has 152 valence electrons. The smallest absolute Gasteiger partial charge is 0.401 e.